The molecule has 1 aromatic carbocycles. The molecule has 0 bridgehead atoms. The fourth-order valence-electron chi connectivity index (χ4n) is 3.86. The average molecular weight is 618 g/mol. The van der Waals surface area contributed by atoms with E-state index in [1.54, 1.807) is 6.07 Å². The fraction of sp³-hybridized carbons (Fsp3) is 0.421. The third-order valence-electron chi connectivity index (χ3n) is 5.55. The molecular formula is C19H21ClF3N5O9P2. The van der Waals surface area contributed by atoms with Crippen LogP contribution in [0.3, 0.4) is 0 Å². The summed E-state index contributed by atoms with van der Waals surface area (Å²) in [4.78, 5) is 35.2. The number of ether oxygens (including phenoxy) is 1. The van der Waals surface area contributed by atoms with Crippen molar-refractivity contribution in [3.05, 3.63) is 47.4 Å². The number of alkyl halides is 3. The Morgan fingerprint density at radius 2 is 1.79 bits per heavy atom. The first kappa shape index (κ1) is 29.8. The van der Waals surface area contributed by atoms with Crippen molar-refractivity contribution in [2.75, 3.05) is 17.8 Å². The van der Waals surface area contributed by atoms with E-state index in [2.05, 4.69) is 24.9 Å². The van der Waals surface area contributed by atoms with Crippen LogP contribution in [0.25, 0.3) is 11.0 Å². The van der Waals surface area contributed by atoms with Crippen LogP contribution in [0.2, 0.25) is 5.28 Å². The van der Waals surface area contributed by atoms with Gasteiger partial charge in [-0.2, -0.15) is 28.2 Å². The minimum atomic E-state index is -4.91. The lowest BCUT2D eigenvalue weighted by Gasteiger charge is -2.23. The van der Waals surface area contributed by atoms with Gasteiger partial charge in [0.05, 0.1) is 18.2 Å². The smallest absolute Gasteiger partial charge is 0.387 e. The summed E-state index contributed by atoms with van der Waals surface area (Å²) in [5.41, 5.74) is -0.292. The molecule has 0 aliphatic carbocycles. The molecule has 39 heavy (non-hydrogen) atoms. The van der Waals surface area contributed by atoms with Gasteiger partial charge in [-0.15, -0.1) is 0 Å². The zero-order chi connectivity index (χ0) is 28.8. The molecule has 1 aliphatic rings. The number of hydrogen-bond donors (Lipinski definition) is 6. The number of aliphatic hydroxyl groups is 2. The van der Waals surface area contributed by atoms with E-state index >= 15 is 0 Å². The van der Waals surface area contributed by atoms with Crippen LogP contribution in [0.1, 0.15) is 17.8 Å². The largest absolute Gasteiger partial charge is 0.412 e. The SMILES string of the molecule is O=P(O)(O)CP(=O)(O)OC[C@H]1O[C@@H](n2ncc3c(N[C@H](c4ccccc4)C(F)(F)F)nc(Cl)nc32)[C@H](O)[C@@H]1O. The summed E-state index contributed by atoms with van der Waals surface area (Å²) >= 11 is 5.97. The van der Waals surface area contributed by atoms with E-state index < -0.39 is 69.7 Å². The van der Waals surface area contributed by atoms with E-state index in [-0.39, 0.29) is 22.4 Å². The van der Waals surface area contributed by atoms with Crippen LogP contribution < -0.4 is 5.32 Å². The number of nitrogens with one attached hydrogen (secondary N) is 1. The Morgan fingerprint density at radius 1 is 1.13 bits per heavy atom. The van der Waals surface area contributed by atoms with Crippen molar-refractivity contribution in [1.82, 2.24) is 19.7 Å². The normalized spacial score (nSPS) is 24.5. The van der Waals surface area contributed by atoms with Gasteiger partial charge in [-0.1, -0.05) is 30.3 Å². The third-order valence-corrected chi connectivity index (χ3v) is 9.17. The van der Waals surface area contributed by atoms with Gasteiger partial charge in [-0.25, -0.2) is 4.68 Å². The second kappa shape index (κ2) is 11.0. The van der Waals surface area contributed by atoms with E-state index in [4.69, 9.17) is 26.1 Å². The first-order valence-corrected chi connectivity index (χ1v) is 14.8. The number of benzene rings is 1. The van der Waals surface area contributed by atoms with Gasteiger partial charge in [0.2, 0.25) is 5.28 Å². The van der Waals surface area contributed by atoms with E-state index in [1.807, 2.05) is 0 Å². The topological polar surface area (TPSA) is 209 Å². The van der Waals surface area contributed by atoms with Gasteiger partial charge in [0, 0.05) is 0 Å². The Bertz CT molecular complexity index is 1430. The standard InChI is InChI=1S/C19H21ClF3N5O9P2/c20-18-26-15(25-14(19(21,22)23)9-4-2-1-3-5-9)10-6-24-28(16(10)27-18)17-13(30)12(29)11(37-17)7-36-39(34,35)8-38(31,32)33/h1-6,11-14,17,29-30H,7-8H2,(H,34,35)(H,25,26,27)(H2,31,32,33)/t11-,12-,13-,14-,17-/m1/s1. The predicted octanol–water partition coefficient (Wildman–Crippen LogP) is 2.15. The summed E-state index contributed by atoms with van der Waals surface area (Å²) in [5, 5.41) is 26.6. The van der Waals surface area contributed by atoms with E-state index in [9.17, 15) is 37.4 Å². The number of aliphatic hydroxyl groups excluding tert-OH is 2. The monoisotopic (exact) mass is 617 g/mol. The molecule has 1 aliphatic heterocycles. The van der Waals surface area contributed by atoms with Crippen molar-refractivity contribution in [3.8, 4) is 0 Å². The zero-order valence-electron chi connectivity index (χ0n) is 19.3. The van der Waals surface area contributed by atoms with Crippen molar-refractivity contribution in [2.45, 2.75) is 36.8 Å². The van der Waals surface area contributed by atoms with Crippen molar-refractivity contribution < 1.29 is 56.5 Å². The number of nitrogens with zero attached hydrogens (tertiary/aromatic N) is 4. The lowest BCUT2D eigenvalue weighted by atomic mass is 10.1. The van der Waals surface area contributed by atoms with Crippen LogP contribution in [-0.4, -0.2) is 81.6 Å². The molecule has 4 rings (SSSR count). The highest BCUT2D eigenvalue weighted by Gasteiger charge is 2.46. The highest BCUT2D eigenvalue weighted by atomic mass is 35.5. The zero-order valence-corrected chi connectivity index (χ0v) is 21.9. The van der Waals surface area contributed by atoms with E-state index in [0.717, 1.165) is 10.9 Å². The Morgan fingerprint density at radius 3 is 2.41 bits per heavy atom. The highest BCUT2D eigenvalue weighted by Crippen LogP contribution is 2.55. The summed E-state index contributed by atoms with van der Waals surface area (Å²) in [6.45, 7) is -0.853. The molecule has 1 unspecified atom stereocenters. The number of anilines is 1. The molecule has 14 nitrogen and oxygen atoms in total. The van der Waals surface area contributed by atoms with Crippen molar-refractivity contribution in [3.63, 3.8) is 0 Å². The van der Waals surface area contributed by atoms with Gasteiger partial charge >= 0.3 is 21.4 Å². The molecule has 6 atom stereocenters. The van der Waals surface area contributed by atoms with Gasteiger partial charge in [0.25, 0.3) is 0 Å². The predicted molar refractivity (Wildman–Crippen MR) is 128 cm³/mol. The van der Waals surface area contributed by atoms with Gasteiger partial charge < -0.3 is 39.5 Å². The lowest BCUT2D eigenvalue weighted by molar-refractivity contribution is -0.144. The molecule has 6 N–H and O–H groups in total. The maximum Gasteiger partial charge on any atom is 0.412 e. The second-order valence-electron chi connectivity index (χ2n) is 8.48. The van der Waals surface area contributed by atoms with E-state index in [0.29, 0.717) is 0 Å². The molecule has 0 saturated carbocycles. The first-order chi connectivity index (χ1) is 18.1. The lowest BCUT2D eigenvalue weighted by Crippen LogP contribution is -2.33. The van der Waals surface area contributed by atoms with Crippen LogP contribution in [0.5, 0.6) is 0 Å². The van der Waals surface area contributed by atoms with Crippen LogP contribution in [0, 0.1) is 0 Å². The van der Waals surface area contributed by atoms with Crippen LogP contribution in [0.4, 0.5) is 19.0 Å². The Labute approximate surface area is 222 Å². The maximum atomic E-state index is 13.9. The molecule has 1 saturated heterocycles. The number of halogens is 4. The van der Waals surface area contributed by atoms with Crippen molar-refractivity contribution in [2.24, 2.45) is 0 Å². The number of hydrogen-bond acceptors (Lipinski definition) is 10. The summed E-state index contributed by atoms with van der Waals surface area (Å²) in [5.74, 6) is -1.82. The van der Waals surface area contributed by atoms with Crippen molar-refractivity contribution >= 4 is 43.6 Å². The second-order valence-corrected chi connectivity index (χ2v) is 12.8. The molecule has 2 aromatic heterocycles. The molecule has 0 radical (unpaired) electrons. The molecule has 1 fully saturated rings. The quantitative estimate of drug-likeness (QED) is 0.150. The van der Waals surface area contributed by atoms with Crippen LogP contribution in [-0.2, 0) is 18.4 Å². The third kappa shape index (κ3) is 6.95. The molecule has 214 valence electrons. The van der Waals surface area contributed by atoms with Crippen LogP contribution >= 0.6 is 26.8 Å². The minimum Gasteiger partial charge on any atom is -0.387 e. The molecule has 3 heterocycles. The Balaban J connectivity index is 1.60. The van der Waals surface area contributed by atoms with Crippen LogP contribution in [0.15, 0.2) is 36.5 Å². The Kier molecular flexibility index (Phi) is 8.41. The molecule has 0 spiro atoms. The highest BCUT2D eigenvalue weighted by molar-refractivity contribution is 7.70. The van der Waals surface area contributed by atoms with Gasteiger partial charge in [0.1, 0.15) is 30.2 Å². The first-order valence-electron chi connectivity index (χ1n) is 10.9. The fourth-order valence-corrected chi connectivity index (χ4v) is 6.60. The summed E-state index contributed by atoms with van der Waals surface area (Å²) < 4.78 is 75.7. The maximum absolute atomic E-state index is 13.9. The molecular weight excluding hydrogens is 597 g/mol. The molecule has 3 aromatic rings. The van der Waals surface area contributed by atoms with Gasteiger partial charge in [0.15, 0.2) is 17.8 Å². The van der Waals surface area contributed by atoms with Gasteiger partial charge in [-0.3, -0.25) is 9.13 Å². The van der Waals surface area contributed by atoms with E-state index in [1.165, 1.54) is 24.3 Å². The summed E-state index contributed by atoms with van der Waals surface area (Å²) in [6, 6.07) is 4.77. The number of fused-ring (bicyclic) bond motifs is 1. The summed E-state index contributed by atoms with van der Waals surface area (Å²) in [6.07, 6.45) is -10.1. The average Bonchev–Trinajstić information content (AvgIpc) is 3.35. The minimum absolute atomic E-state index is 0.0453. The van der Waals surface area contributed by atoms with Crippen molar-refractivity contribution in [1.29, 1.82) is 0 Å². The molecule has 0 amide bonds. The van der Waals surface area contributed by atoms with Gasteiger partial charge in [-0.05, 0) is 17.2 Å². The summed E-state index contributed by atoms with van der Waals surface area (Å²) in [7, 11) is -9.71. The number of aromatic nitrogens is 4. The molecule has 20 heteroatoms. The Hall–Kier alpha value is -2.17. The number of rotatable bonds is 9.